The lowest BCUT2D eigenvalue weighted by Gasteiger charge is -2.61. The largest absolute Gasteiger partial charge is 0.481 e. The molecule has 3 saturated carbocycles. The molecule has 2 nitrogen and oxygen atoms in total. The van der Waals surface area contributed by atoms with Crippen LogP contribution < -0.4 is 0 Å². The van der Waals surface area contributed by atoms with Crippen LogP contribution in [0.1, 0.15) is 58.8 Å². The highest BCUT2D eigenvalue weighted by atomic mass is 16.4. The third kappa shape index (κ3) is 2.02. The maximum atomic E-state index is 12.0. The highest BCUT2D eigenvalue weighted by molar-refractivity contribution is 5.75. The predicted molar refractivity (Wildman–Crippen MR) is 89.5 cm³/mol. The number of fused-ring (bicyclic) bond motifs is 3. The molecule has 0 aliphatic heterocycles. The molecule has 6 atom stereocenters. The molecule has 2 heteroatoms. The molecule has 0 aromatic rings. The van der Waals surface area contributed by atoms with E-state index < -0.39 is 11.4 Å². The van der Waals surface area contributed by atoms with Gasteiger partial charge in [-0.15, -0.1) is 6.58 Å². The molecule has 0 spiro atoms. The van der Waals surface area contributed by atoms with Gasteiger partial charge in [0.05, 0.1) is 5.41 Å². The van der Waals surface area contributed by atoms with Gasteiger partial charge in [0, 0.05) is 5.92 Å². The molecule has 22 heavy (non-hydrogen) atoms. The van der Waals surface area contributed by atoms with E-state index in [0.717, 1.165) is 32.1 Å². The number of aliphatic carboxylic acids is 1. The van der Waals surface area contributed by atoms with Gasteiger partial charge in [-0.25, -0.2) is 0 Å². The van der Waals surface area contributed by atoms with Crippen molar-refractivity contribution in [2.45, 2.75) is 58.8 Å². The van der Waals surface area contributed by atoms with Gasteiger partial charge < -0.3 is 5.11 Å². The first kappa shape index (κ1) is 15.8. The number of carboxylic acids is 1. The van der Waals surface area contributed by atoms with E-state index >= 15 is 0 Å². The summed E-state index contributed by atoms with van der Waals surface area (Å²) in [5, 5.41) is 9.86. The standard InChI is InChI=1S/C20H30O2/c1-5-14-13(2)7-9-16-15(14)8-10-17-19(16,3)11-6-12-20(17,4)18(21)22/h5,14-17H,1-2,6-12H2,3-4H3,(H,21,22)/t14-,15-,16-,17+,19+,20+/m0/s1. The molecule has 1 N–H and O–H groups in total. The Balaban J connectivity index is 1.97. The quantitative estimate of drug-likeness (QED) is 0.724. The Morgan fingerprint density at radius 1 is 1.27 bits per heavy atom. The van der Waals surface area contributed by atoms with Gasteiger partial charge in [-0.2, -0.15) is 0 Å². The molecule has 3 aliphatic carbocycles. The Kier molecular flexibility index (Phi) is 3.78. The fourth-order valence-corrected chi connectivity index (χ4v) is 6.44. The fraction of sp³-hybridized carbons (Fsp3) is 0.750. The van der Waals surface area contributed by atoms with E-state index in [2.05, 4.69) is 26.2 Å². The smallest absolute Gasteiger partial charge is 0.309 e. The molecule has 0 radical (unpaired) electrons. The average molecular weight is 302 g/mol. The van der Waals surface area contributed by atoms with Crippen LogP contribution in [-0.2, 0) is 4.79 Å². The summed E-state index contributed by atoms with van der Waals surface area (Å²) in [4.78, 5) is 12.0. The van der Waals surface area contributed by atoms with Crippen LogP contribution in [0.15, 0.2) is 24.8 Å². The summed E-state index contributed by atoms with van der Waals surface area (Å²) in [6.45, 7) is 12.7. The van der Waals surface area contributed by atoms with Crippen LogP contribution in [0.25, 0.3) is 0 Å². The maximum Gasteiger partial charge on any atom is 0.309 e. The average Bonchev–Trinajstić information content (AvgIpc) is 2.46. The summed E-state index contributed by atoms with van der Waals surface area (Å²) in [7, 11) is 0. The van der Waals surface area contributed by atoms with Crippen molar-refractivity contribution in [2.24, 2.45) is 34.5 Å². The molecular weight excluding hydrogens is 272 g/mol. The number of allylic oxidation sites excluding steroid dienone is 2. The van der Waals surface area contributed by atoms with Crippen LogP contribution >= 0.6 is 0 Å². The SMILES string of the molecule is C=C[C@H]1C(=C)CC[C@H]2[C@H]1CC[C@@H]1[C@]2(C)CCC[C@@]1(C)C(=O)O. The second-order valence-electron chi connectivity index (χ2n) is 8.44. The molecule has 0 saturated heterocycles. The second kappa shape index (κ2) is 5.25. The Labute approximate surface area is 134 Å². The Morgan fingerprint density at radius 3 is 2.64 bits per heavy atom. The lowest BCUT2D eigenvalue weighted by Crippen LogP contribution is -2.56. The Morgan fingerprint density at radius 2 is 2.00 bits per heavy atom. The van der Waals surface area contributed by atoms with Gasteiger partial charge >= 0.3 is 5.97 Å². The lowest BCUT2D eigenvalue weighted by molar-refractivity contribution is -0.172. The molecule has 0 bridgehead atoms. The van der Waals surface area contributed by atoms with Gasteiger partial charge in [0.15, 0.2) is 0 Å². The van der Waals surface area contributed by atoms with E-state index in [0.29, 0.717) is 23.7 Å². The Hall–Kier alpha value is -1.05. The minimum Gasteiger partial charge on any atom is -0.481 e. The zero-order chi connectivity index (χ0) is 16.1. The second-order valence-corrected chi connectivity index (χ2v) is 8.44. The molecule has 0 heterocycles. The minimum atomic E-state index is -0.581. The number of hydrogen-bond acceptors (Lipinski definition) is 1. The van der Waals surface area contributed by atoms with Crippen LogP contribution in [0.4, 0.5) is 0 Å². The summed E-state index contributed by atoms with van der Waals surface area (Å²) < 4.78 is 0. The van der Waals surface area contributed by atoms with Crippen molar-refractivity contribution in [2.75, 3.05) is 0 Å². The molecule has 3 fully saturated rings. The molecular formula is C20H30O2. The van der Waals surface area contributed by atoms with Gasteiger partial charge in [-0.3, -0.25) is 4.79 Å². The molecule has 0 aromatic carbocycles. The lowest BCUT2D eigenvalue weighted by atomic mass is 9.43. The third-order valence-electron chi connectivity index (χ3n) is 7.58. The van der Waals surface area contributed by atoms with Gasteiger partial charge in [0.1, 0.15) is 0 Å². The first-order valence-electron chi connectivity index (χ1n) is 8.88. The molecule has 122 valence electrons. The number of carboxylic acid groups (broad SMARTS) is 1. The van der Waals surface area contributed by atoms with E-state index in [1.165, 1.54) is 18.4 Å². The van der Waals surface area contributed by atoms with Crippen molar-refractivity contribution in [1.29, 1.82) is 0 Å². The number of carbonyl (C=O) groups is 1. The van der Waals surface area contributed by atoms with Crippen LogP contribution in [0.3, 0.4) is 0 Å². The van der Waals surface area contributed by atoms with Crippen molar-refractivity contribution in [3.8, 4) is 0 Å². The van der Waals surface area contributed by atoms with Crippen LogP contribution in [0, 0.1) is 34.5 Å². The summed E-state index contributed by atoms with van der Waals surface area (Å²) in [6, 6.07) is 0. The van der Waals surface area contributed by atoms with Crippen LogP contribution in [0.2, 0.25) is 0 Å². The summed E-state index contributed by atoms with van der Waals surface area (Å²) in [6.07, 6.45) is 9.67. The van der Waals surface area contributed by atoms with E-state index in [-0.39, 0.29) is 5.41 Å². The monoisotopic (exact) mass is 302 g/mol. The van der Waals surface area contributed by atoms with E-state index in [1.807, 2.05) is 6.92 Å². The van der Waals surface area contributed by atoms with Gasteiger partial charge in [-0.1, -0.05) is 31.6 Å². The van der Waals surface area contributed by atoms with E-state index in [9.17, 15) is 9.90 Å². The fourth-order valence-electron chi connectivity index (χ4n) is 6.44. The predicted octanol–water partition coefficient (Wildman–Crippen LogP) is 5.06. The van der Waals surface area contributed by atoms with Crippen molar-refractivity contribution in [3.63, 3.8) is 0 Å². The molecule has 0 amide bonds. The topological polar surface area (TPSA) is 37.3 Å². The van der Waals surface area contributed by atoms with Crippen LogP contribution in [-0.4, -0.2) is 11.1 Å². The van der Waals surface area contributed by atoms with Gasteiger partial charge in [0.25, 0.3) is 0 Å². The first-order chi connectivity index (χ1) is 10.3. The highest BCUT2D eigenvalue weighted by Crippen LogP contribution is 2.65. The van der Waals surface area contributed by atoms with Crippen LogP contribution in [0.5, 0.6) is 0 Å². The Bertz CT molecular complexity index is 508. The maximum absolute atomic E-state index is 12.0. The number of hydrogen-bond donors (Lipinski definition) is 1. The summed E-state index contributed by atoms with van der Waals surface area (Å²) in [5.41, 5.74) is 0.988. The van der Waals surface area contributed by atoms with E-state index in [4.69, 9.17) is 0 Å². The van der Waals surface area contributed by atoms with Crippen molar-refractivity contribution >= 4 is 5.97 Å². The van der Waals surface area contributed by atoms with Crippen molar-refractivity contribution in [3.05, 3.63) is 24.8 Å². The zero-order valence-corrected chi connectivity index (χ0v) is 14.1. The minimum absolute atomic E-state index is 0.177. The summed E-state index contributed by atoms with van der Waals surface area (Å²) >= 11 is 0. The third-order valence-corrected chi connectivity index (χ3v) is 7.58. The molecule has 0 unspecified atom stereocenters. The normalized spacial score (nSPS) is 48.2. The van der Waals surface area contributed by atoms with Crippen molar-refractivity contribution < 1.29 is 9.90 Å². The molecule has 3 rings (SSSR count). The van der Waals surface area contributed by atoms with Gasteiger partial charge in [-0.05, 0) is 68.6 Å². The molecule has 3 aliphatic rings. The van der Waals surface area contributed by atoms with Gasteiger partial charge in [0.2, 0.25) is 0 Å². The van der Waals surface area contributed by atoms with E-state index in [1.54, 1.807) is 0 Å². The summed E-state index contributed by atoms with van der Waals surface area (Å²) in [5.74, 6) is 1.45. The molecule has 0 aromatic heterocycles. The van der Waals surface area contributed by atoms with Crippen molar-refractivity contribution in [1.82, 2.24) is 0 Å². The number of rotatable bonds is 2. The highest BCUT2D eigenvalue weighted by Gasteiger charge is 2.59. The first-order valence-corrected chi connectivity index (χ1v) is 8.88. The zero-order valence-electron chi connectivity index (χ0n) is 14.1.